The number of β-amino-alcohol motifs (C(OH)–C–C–N with tert-alkyl or cyclic N) is 1. The molecule has 1 saturated heterocycles. The third-order valence-electron chi connectivity index (χ3n) is 3.16. The SMILES string of the molecule is N#Cc1ccc(NC(=O)N2C[C@H](O)C[C@H]2C(=O)O)c(Cl)c1. The maximum Gasteiger partial charge on any atom is 0.326 e. The Morgan fingerprint density at radius 1 is 1.48 bits per heavy atom. The predicted molar refractivity (Wildman–Crippen MR) is 73.9 cm³/mol. The fourth-order valence-electron chi connectivity index (χ4n) is 2.15. The Labute approximate surface area is 125 Å². The zero-order chi connectivity index (χ0) is 15.6. The number of urea groups is 1. The van der Waals surface area contributed by atoms with Crippen LogP contribution in [0.2, 0.25) is 5.02 Å². The van der Waals surface area contributed by atoms with E-state index in [4.69, 9.17) is 22.0 Å². The van der Waals surface area contributed by atoms with Crippen molar-refractivity contribution in [2.75, 3.05) is 11.9 Å². The van der Waals surface area contributed by atoms with Crippen molar-refractivity contribution in [2.24, 2.45) is 0 Å². The predicted octanol–water partition coefficient (Wildman–Crippen LogP) is 1.26. The fraction of sp³-hybridized carbons (Fsp3) is 0.308. The Morgan fingerprint density at radius 2 is 2.19 bits per heavy atom. The Hall–Kier alpha value is -2.30. The molecule has 1 aromatic carbocycles. The molecular formula is C13H12ClN3O4. The summed E-state index contributed by atoms with van der Waals surface area (Å²) in [5.41, 5.74) is 0.615. The molecule has 110 valence electrons. The van der Waals surface area contributed by atoms with Crippen LogP contribution in [-0.4, -0.2) is 45.8 Å². The molecular weight excluding hydrogens is 298 g/mol. The minimum Gasteiger partial charge on any atom is -0.480 e. The Morgan fingerprint density at radius 3 is 2.76 bits per heavy atom. The quantitative estimate of drug-likeness (QED) is 0.761. The van der Waals surface area contributed by atoms with Gasteiger partial charge in [0.05, 0.1) is 28.4 Å². The summed E-state index contributed by atoms with van der Waals surface area (Å²) in [4.78, 5) is 24.2. The van der Waals surface area contributed by atoms with Gasteiger partial charge >= 0.3 is 12.0 Å². The van der Waals surface area contributed by atoms with Crippen LogP contribution in [0.4, 0.5) is 10.5 Å². The molecule has 3 N–H and O–H groups in total. The van der Waals surface area contributed by atoms with Gasteiger partial charge in [0, 0.05) is 13.0 Å². The second kappa shape index (κ2) is 5.99. The number of carboxylic acids is 1. The largest absolute Gasteiger partial charge is 0.480 e. The first-order valence-corrected chi connectivity index (χ1v) is 6.48. The lowest BCUT2D eigenvalue weighted by Gasteiger charge is -2.21. The minimum absolute atomic E-state index is 0.0101. The number of carbonyl (C=O) groups is 2. The number of anilines is 1. The summed E-state index contributed by atoms with van der Waals surface area (Å²) in [6, 6.07) is 4.51. The minimum atomic E-state index is -1.17. The standard InChI is InChI=1S/C13H12ClN3O4/c14-9-3-7(5-15)1-2-10(9)16-13(21)17-6-8(18)4-11(17)12(19)20/h1-3,8,11,18H,4,6H2,(H,16,21)(H,19,20)/t8-,11+/m1/s1. The number of aliphatic hydroxyl groups excluding tert-OH is 1. The van der Waals surface area contributed by atoms with Gasteiger partial charge in [-0.15, -0.1) is 0 Å². The first kappa shape index (κ1) is 15.1. The van der Waals surface area contributed by atoms with E-state index >= 15 is 0 Å². The summed E-state index contributed by atoms with van der Waals surface area (Å²) in [5.74, 6) is -1.17. The van der Waals surface area contributed by atoms with Gasteiger partial charge in [-0.2, -0.15) is 5.26 Å². The first-order valence-electron chi connectivity index (χ1n) is 6.10. The van der Waals surface area contributed by atoms with Crippen molar-refractivity contribution < 1.29 is 19.8 Å². The molecule has 8 heteroatoms. The number of aliphatic carboxylic acids is 1. The van der Waals surface area contributed by atoms with Crippen molar-refractivity contribution in [3.63, 3.8) is 0 Å². The van der Waals surface area contributed by atoms with Gasteiger partial charge in [0.2, 0.25) is 0 Å². The number of nitrogens with one attached hydrogen (secondary N) is 1. The van der Waals surface area contributed by atoms with Gasteiger partial charge in [-0.25, -0.2) is 9.59 Å². The molecule has 2 amide bonds. The maximum atomic E-state index is 12.1. The Bertz CT molecular complexity index is 628. The average Bonchev–Trinajstić information content (AvgIpc) is 2.83. The van der Waals surface area contributed by atoms with Crippen LogP contribution in [0.15, 0.2) is 18.2 Å². The van der Waals surface area contributed by atoms with Crippen molar-refractivity contribution in [1.82, 2.24) is 4.90 Å². The zero-order valence-corrected chi connectivity index (χ0v) is 11.5. The number of nitrogens with zero attached hydrogens (tertiary/aromatic N) is 2. The number of hydrogen-bond donors (Lipinski definition) is 3. The van der Waals surface area contributed by atoms with Crippen molar-refractivity contribution in [1.29, 1.82) is 5.26 Å². The van der Waals surface area contributed by atoms with Gasteiger partial charge in [0.1, 0.15) is 6.04 Å². The van der Waals surface area contributed by atoms with Gasteiger partial charge in [-0.1, -0.05) is 11.6 Å². The van der Waals surface area contributed by atoms with E-state index in [1.54, 1.807) is 0 Å². The van der Waals surface area contributed by atoms with E-state index in [0.29, 0.717) is 5.56 Å². The number of nitriles is 1. The summed E-state index contributed by atoms with van der Waals surface area (Å²) in [6.45, 7) is -0.0588. The number of aliphatic hydroxyl groups is 1. The van der Waals surface area contributed by atoms with E-state index in [0.717, 1.165) is 4.90 Å². The highest BCUT2D eigenvalue weighted by molar-refractivity contribution is 6.33. The highest BCUT2D eigenvalue weighted by atomic mass is 35.5. The monoisotopic (exact) mass is 309 g/mol. The molecule has 1 aromatic rings. The summed E-state index contributed by atoms with van der Waals surface area (Å²) in [5, 5.41) is 29.9. The molecule has 2 atom stereocenters. The van der Waals surface area contributed by atoms with Crippen molar-refractivity contribution >= 4 is 29.3 Å². The van der Waals surface area contributed by atoms with Crippen LogP contribution >= 0.6 is 11.6 Å². The normalized spacial score (nSPS) is 20.9. The van der Waals surface area contributed by atoms with E-state index in [-0.39, 0.29) is 23.7 Å². The van der Waals surface area contributed by atoms with E-state index in [1.807, 2.05) is 6.07 Å². The molecule has 0 unspecified atom stereocenters. The van der Waals surface area contributed by atoms with Gasteiger partial charge < -0.3 is 20.4 Å². The van der Waals surface area contributed by atoms with Gasteiger partial charge in [-0.3, -0.25) is 0 Å². The molecule has 0 radical (unpaired) electrons. The Balaban J connectivity index is 2.14. The number of hydrogen-bond acceptors (Lipinski definition) is 4. The summed E-state index contributed by atoms with van der Waals surface area (Å²) in [6.07, 6.45) is -0.877. The van der Waals surface area contributed by atoms with E-state index in [2.05, 4.69) is 5.32 Å². The van der Waals surface area contributed by atoms with Crippen molar-refractivity contribution in [3.8, 4) is 6.07 Å². The number of rotatable bonds is 2. The number of halogens is 1. The third kappa shape index (κ3) is 3.24. The fourth-order valence-corrected chi connectivity index (χ4v) is 2.37. The van der Waals surface area contributed by atoms with Gasteiger partial charge in [-0.05, 0) is 18.2 Å². The lowest BCUT2D eigenvalue weighted by molar-refractivity contribution is -0.141. The molecule has 0 bridgehead atoms. The lowest BCUT2D eigenvalue weighted by Crippen LogP contribution is -2.43. The molecule has 7 nitrogen and oxygen atoms in total. The Kier molecular flexibility index (Phi) is 4.31. The molecule has 1 aliphatic heterocycles. The molecule has 0 spiro atoms. The average molecular weight is 310 g/mol. The molecule has 0 saturated carbocycles. The molecule has 1 fully saturated rings. The topological polar surface area (TPSA) is 114 Å². The van der Waals surface area contributed by atoms with E-state index in [1.165, 1.54) is 18.2 Å². The smallest absolute Gasteiger partial charge is 0.326 e. The molecule has 2 rings (SSSR count). The summed E-state index contributed by atoms with van der Waals surface area (Å²) >= 11 is 5.94. The van der Waals surface area contributed by atoms with Crippen LogP contribution in [0.1, 0.15) is 12.0 Å². The van der Waals surface area contributed by atoms with Crippen LogP contribution in [0.5, 0.6) is 0 Å². The van der Waals surface area contributed by atoms with Crippen LogP contribution in [-0.2, 0) is 4.79 Å². The van der Waals surface area contributed by atoms with Crippen molar-refractivity contribution in [3.05, 3.63) is 28.8 Å². The second-order valence-electron chi connectivity index (χ2n) is 4.63. The first-order chi connectivity index (χ1) is 9.92. The number of benzene rings is 1. The highest BCUT2D eigenvalue weighted by Crippen LogP contribution is 2.25. The molecule has 1 aliphatic rings. The van der Waals surface area contributed by atoms with E-state index in [9.17, 15) is 14.7 Å². The summed E-state index contributed by atoms with van der Waals surface area (Å²) < 4.78 is 0. The number of likely N-dealkylation sites (tertiary alicyclic amines) is 1. The molecule has 21 heavy (non-hydrogen) atoms. The third-order valence-corrected chi connectivity index (χ3v) is 3.48. The maximum absolute atomic E-state index is 12.1. The van der Waals surface area contributed by atoms with Crippen LogP contribution in [0.25, 0.3) is 0 Å². The van der Waals surface area contributed by atoms with E-state index < -0.39 is 24.1 Å². The molecule has 0 aromatic heterocycles. The highest BCUT2D eigenvalue weighted by Gasteiger charge is 2.39. The van der Waals surface area contributed by atoms with Crippen LogP contribution in [0, 0.1) is 11.3 Å². The lowest BCUT2D eigenvalue weighted by atomic mass is 10.2. The number of carbonyl (C=O) groups excluding carboxylic acids is 1. The van der Waals surface area contributed by atoms with Gasteiger partial charge in [0.15, 0.2) is 0 Å². The van der Waals surface area contributed by atoms with Gasteiger partial charge in [0.25, 0.3) is 0 Å². The molecule has 1 heterocycles. The zero-order valence-electron chi connectivity index (χ0n) is 10.8. The van der Waals surface area contributed by atoms with Crippen LogP contribution < -0.4 is 5.32 Å². The number of amides is 2. The van der Waals surface area contributed by atoms with Crippen LogP contribution in [0.3, 0.4) is 0 Å². The number of carboxylic acid groups (broad SMARTS) is 1. The van der Waals surface area contributed by atoms with Crippen molar-refractivity contribution in [2.45, 2.75) is 18.6 Å². The second-order valence-corrected chi connectivity index (χ2v) is 5.04. The molecule has 0 aliphatic carbocycles. The summed E-state index contributed by atoms with van der Waals surface area (Å²) in [7, 11) is 0.